The van der Waals surface area contributed by atoms with Gasteiger partial charge in [0.2, 0.25) is 0 Å². The number of anilines is 1. The number of benzene rings is 2. The highest BCUT2D eigenvalue weighted by molar-refractivity contribution is 5.89. The number of carbonyl (C=O) groups is 1. The van der Waals surface area contributed by atoms with Gasteiger partial charge in [0.05, 0.1) is 7.11 Å². The van der Waals surface area contributed by atoms with Crippen LogP contribution < -0.4 is 15.4 Å². The molecule has 0 aliphatic carbocycles. The van der Waals surface area contributed by atoms with Crippen molar-refractivity contribution in [3.05, 3.63) is 54.1 Å². The Kier molecular flexibility index (Phi) is 5.04. The molecule has 0 heterocycles. The minimum Gasteiger partial charge on any atom is -0.508 e. The van der Waals surface area contributed by atoms with Crippen molar-refractivity contribution in [2.24, 2.45) is 0 Å². The average Bonchev–Trinajstić information content (AvgIpc) is 2.47. The standard InChI is InChI=1S/C16H18N2O3/c1-21-15-7-2-4-12(10-15)8-9-17-16(20)18-13-5-3-6-14(19)11-13/h2-7,10-11,19H,8-9H2,1H3,(H2,17,18,20). The van der Waals surface area contributed by atoms with Gasteiger partial charge in [0.1, 0.15) is 11.5 Å². The van der Waals surface area contributed by atoms with Crippen LogP contribution in [0, 0.1) is 0 Å². The first-order chi connectivity index (χ1) is 10.2. The van der Waals surface area contributed by atoms with Crippen molar-refractivity contribution in [3.8, 4) is 11.5 Å². The lowest BCUT2D eigenvalue weighted by atomic mass is 10.1. The van der Waals surface area contributed by atoms with E-state index in [9.17, 15) is 9.90 Å². The van der Waals surface area contributed by atoms with E-state index in [0.29, 0.717) is 18.7 Å². The molecule has 0 aromatic heterocycles. The molecule has 5 heteroatoms. The fourth-order valence-electron chi connectivity index (χ4n) is 1.91. The maximum absolute atomic E-state index is 11.7. The molecular weight excluding hydrogens is 268 g/mol. The van der Waals surface area contributed by atoms with Crippen LogP contribution in [0.3, 0.4) is 0 Å². The number of ether oxygens (including phenoxy) is 1. The Labute approximate surface area is 123 Å². The molecule has 2 amide bonds. The largest absolute Gasteiger partial charge is 0.508 e. The number of rotatable bonds is 5. The summed E-state index contributed by atoms with van der Waals surface area (Å²) in [6.45, 7) is 0.512. The Morgan fingerprint density at radius 1 is 1.19 bits per heavy atom. The predicted molar refractivity (Wildman–Crippen MR) is 81.8 cm³/mol. The lowest BCUT2D eigenvalue weighted by Crippen LogP contribution is -2.30. The third-order valence-corrected chi connectivity index (χ3v) is 2.94. The highest BCUT2D eigenvalue weighted by Crippen LogP contribution is 2.15. The van der Waals surface area contributed by atoms with E-state index in [2.05, 4.69) is 10.6 Å². The highest BCUT2D eigenvalue weighted by atomic mass is 16.5. The van der Waals surface area contributed by atoms with Crippen molar-refractivity contribution in [1.82, 2.24) is 5.32 Å². The molecule has 0 fully saturated rings. The van der Waals surface area contributed by atoms with Crippen LogP contribution in [0.2, 0.25) is 0 Å². The number of urea groups is 1. The summed E-state index contributed by atoms with van der Waals surface area (Å²) in [6, 6.07) is 13.8. The summed E-state index contributed by atoms with van der Waals surface area (Å²) in [5.41, 5.74) is 1.64. The summed E-state index contributed by atoms with van der Waals surface area (Å²) in [5, 5.41) is 14.7. The van der Waals surface area contributed by atoms with Gasteiger partial charge >= 0.3 is 6.03 Å². The van der Waals surface area contributed by atoms with Crippen molar-refractivity contribution in [2.45, 2.75) is 6.42 Å². The fraction of sp³-hybridized carbons (Fsp3) is 0.188. The number of methoxy groups -OCH3 is 1. The Balaban J connectivity index is 1.79. The molecule has 21 heavy (non-hydrogen) atoms. The maximum atomic E-state index is 11.7. The molecule has 5 nitrogen and oxygen atoms in total. The maximum Gasteiger partial charge on any atom is 0.319 e. The Bertz CT molecular complexity index is 614. The molecule has 2 aromatic rings. The minimum atomic E-state index is -0.302. The molecule has 2 aromatic carbocycles. The molecule has 2 rings (SSSR count). The first-order valence-electron chi connectivity index (χ1n) is 6.64. The average molecular weight is 286 g/mol. The third-order valence-electron chi connectivity index (χ3n) is 2.94. The molecule has 0 saturated heterocycles. The molecule has 0 radical (unpaired) electrons. The molecule has 0 spiro atoms. The van der Waals surface area contributed by atoms with E-state index in [-0.39, 0.29) is 11.8 Å². The number of phenolic OH excluding ortho intramolecular Hbond substituents is 1. The predicted octanol–water partition coefficient (Wildman–Crippen LogP) is 2.77. The number of nitrogens with one attached hydrogen (secondary N) is 2. The molecule has 0 bridgehead atoms. The molecule has 0 aliphatic heterocycles. The molecule has 110 valence electrons. The molecular formula is C16H18N2O3. The zero-order valence-corrected chi connectivity index (χ0v) is 11.8. The highest BCUT2D eigenvalue weighted by Gasteiger charge is 2.02. The van der Waals surface area contributed by atoms with Crippen LogP contribution in [0.15, 0.2) is 48.5 Å². The van der Waals surface area contributed by atoms with Gasteiger partial charge in [-0.1, -0.05) is 18.2 Å². The second-order valence-electron chi connectivity index (χ2n) is 4.53. The molecule has 0 aliphatic rings. The van der Waals surface area contributed by atoms with Gasteiger partial charge in [-0.25, -0.2) is 4.79 Å². The van der Waals surface area contributed by atoms with Gasteiger partial charge in [-0.05, 0) is 36.2 Å². The Hall–Kier alpha value is -2.69. The summed E-state index contributed by atoms with van der Waals surface area (Å²) in [7, 11) is 1.63. The molecule has 3 N–H and O–H groups in total. The van der Waals surface area contributed by atoms with Crippen LogP contribution in [0.4, 0.5) is 10.5 Å². The molecule has 0 atom stereocenters. The smallest absolute Gasteiger partial charge is 0.319 e. The Morgan fingerprint density at radius 3 is 2.76 bits per heavy atom. The van der Waals surface area contributed by atoms with Gasteiger partial charge in [-0.3, -0.25) is 0 Å². The second kappa shape index (κ2) is 7.19. The van der Waals surface area contributed by atoms with Gasteiger partial charge in [0.25, 0.3) is 0 Å². The lowest BCUT2D eigenvalue weighted by Gasteiger charge is -2.08. The summed E-state index contributed by atoms with van der Waals surface area (Å²) in [4.78, 5) is 11.7. The van der Waals surface area contributed by atoms with Crippen molar-refractivity contribution in [1.29, 1.82) is 0 Å². The van der Waals surface area contributed by atoms with E-state index in [0.717, 1.165) is 11.3 Å². The normalized spacial score (nSPS) is 9.95. The van der Waals surface area contributed by atoms with E-state index in [1.807, 2.05) is 24.3 Å². The van der Waals surface area contributed by atoms with Crippen LogP contribution in [0.1, 0.15) is 5.56 Å². The summed E-state index contributed by atoms with van der Waals surface area (Å²) < 4.78 is 5.15. The van der Waals surface area contributed by atoms with Gasteiger partial charge < -0.3 is 20.5 Å². The lowest BCUT2D eigenvalue weighted by molar-refractivity contribution is 0.252. The number of phenols is 1. The van der Waals surface area contributed by atoms with Gasteiger partial charge in [0, 0.05) is 18.3 Å². The number of aromatic hydroxyl groups is 1. The SMILES string of the molecule is COc1cccc(CCNC(=O)Nc2cccc(O)c2)c1. The van der Waals surface area contributed by atoms with Crippen LogP contribution in [-0.2, 0) is 6.42 Å². The Morgan fingerprint density at radius 2 is 2.00 bits per heavy atom. The topological polar surface area (TPSA) is 70.6 Å². The number of amides is 2. The minimum absolute atomic E-state index is 0.115. The van der Waals surface area contributed by atoms with Gasteiger partial charge in [-0.15, -0.1) is 0 Å². The third kappa shape index (κ3) is 4.72. The zero-order valence-electron chi connectivity index (χ0n) is 11.8. The van der Waals surface area contributed by atoms with E-state index < -0.39 is 0 Å². The van der Waals surface area contributed by atoms with Gasteiger partial charge in [0.15, 0.2) is 0 Å². The van der Waals surface area contributed by atoms with Crippen molar-refractivity contribution in [2.75, 3.05) is 19.0 Å². The second-order valence-corrected chi connectivity index (χ2v) is 4.53. The number of carbonyl (C=O) groups excluding carboxylic acids is 1. The van der Waals surface area contributed by atoms with Crippen molar-refractivity contribution in [3.63, 3.8) is 0 Å². The summed E-state index contributed by atoms with van der Waals surface area (Å²) in [6.07, 6.45) is 0.713. The monoisotopic (exact) mass is 286 g/mol. The van der Waals surface area contributed by atoms with E-state index in [4.69, 9.17) is 4.74 Å². The van der Waals surface area contributed by atoms with Crippen molar-refractivity contribution < 1.29 is 14.6 Å². The van der Waals surface area contributed by atoms with Crippen LogP contribution in [0.25, 0.3) is 0 Å². The first-order valence-corrected chi connectivity index (χ1v) is 6.64. The van der Waals surface area contributed by atoms with E-state index in [1.165, 1.54) is 6.07 Å². The van der Waals surface area contributed by atoms with E-state index in [1.54, 1.807) is 25.3 Å². The van der Waals surface area contributed by atoms with Crippen LogP contribution >= 0.6 is 0 Å². The zero-order chi connectivity index (χ0) is 15.1. The van der Waals surface area contributed by atoms with E-state index >= 15 is 0 Å². The fourth-order valence-corrected chi connectivity index (χ4v) is 1.91. The van der Waals surface area contributed by atoms with Crippen LogP contribution in [0.5, 0.6) is 11.5 Å². The summed E-state index contributed by atoms with van der Waals surface area (Å²) in [5.74, 6) is 0.917. The van der Waals surface area contributed by atoms with Crippen molar-refractivity contribution >= 4 is 11.7 Å². The summed E-state index contributed by atoms with van der Waals surface area (Å²) >= 11 is 0. The molecule has 0 unspecified atom stereocenters. The quantitative estimate of drug-likeness (QED) is 0.791. The van der Waals surface area contributed by atoms with Crippen LogP contribution in [-0.4, -0.2) is 24.8 Å². The first kappa shape index (κ1) is 14.7. The number of hydrogen-bond donors (Lipinski definition) is 3. The molecule has 0 saturated carbocycles. The van der Waals surface area contributed by atoms with Gasteiger partial charge in [-0.2, -0.15) is 0 Å². The number of hydrogen-bond acceptors (Lipinski definition) is 3.